The number of benzene rings is 1. The minimum atomic E-state index is -0.283. The first kappa shape index (κ1) is 7.98. The molecule has 2 aromatic rings. The minimum Gasteiger partial charge on any atom is -0.356 e. The lowest BCUT2D eigenvalue weighted by Crippen LogP contribution is -1.84. The van der Waals surface area contributed by atoms with Gasteiger partial charge in [-0.15, -0.1) is 0 Å². The monoisotopic (exact) mass is 177 g/mol. The molecule has 0 unspecified atom stereocenters. The van der Waals surface area contributed by atoms with Crippen molar-refractivity contribution in [1.82, 2.24) is 4.98 Å². The van der Waals surface area contributed by atoms with Crippen LogP contribution in [-0.2, 0) is 11.2 Å². The second-order valence-electron chi connectivity index (χ2n) is 2.87. The number of aromatic nitrogens is 1. The van der Waals surface area contributed by atoms with Crippen molar-refractivity contribution >= 4 is 17.2 Å². The van der Waals surface area contributed by atoms with Crippen molar-refractivity contribution in [3.63, 3.8) is 0 Å². The van der Waals surface area contributed by atoms with E-state index in [-0.39, 0.29) is 5.82 Å². The number of aromatic amines is 1. The number of rotatable bonds is 2. The Morgan fingerprint density at radius 3 is 3.00 bits per heavy atom. The molecule has 1 heterocycles. The van der Waals surface area contributed by atoms with Gasteiger partial charge in [-0.25, -0.2) is 4.39 Å². The SMILES string of the molecule is O=CCc1cc2cccc(F)c2[nH]1. The Kier molecular flexibility index (Phi) is 1.85. The largest absolute Gasteiger partial charge is 0.356 e. The van der Waals surface area contributed by atoms with Crippen molar-refractivity contribution in [2.45, 2.75) is 6.42 Å². The summed E-state index contributed by atoms with van der Waals surface area (Å²) in [7, 11) is 0. The van der Waals surface area contributed by atoms with Gasteiger partial charge < -0.3 is 9.78 Å². The van der Waals surface area contributed by atoms with Gasteiger partial charge in [0.25, 0.3) is 0 Å². The van der Waals surface area contributed by atoms with E-state index >= 15 is 0 Å². The summed E-state index contributed by atoms with van der Waals surface area (Å²) in [6.45, 7) is 0. The third kappa shape index (κ3) is 1.33. The summed E-state index contributed by atoms with van der Waals surface area (Å²) < 4.78 is 13.1. The molecule has 0 aliphatic heterocycles. The molecular weight excluding hydrogens is 169 g/mol. The van der Waals surface area contributed by atoms with E-state index in [0.29, 0.717) is 11.9 Å². The van der Waals surface area contributed by atoms with E-state index in [2.05, 4.69) is 4.98 Å². The molecule has 0 atom stereocenters. The predicted octanol–water partition coefficient (Wildman–Crippen LogP) is 2.05. The van der Waals surface area contributed by atoms with Crippen LogP contribution in [0.15, 0.2) is 24.3 Å². The van der Waals surface area contributed by atoms with Crippen LogP contribution in [0, 0.1) is 5.82 Å². The lowest BCUT2D eigenvalue weighted by Gasteiger charge is -1.89. The molecule has 2 rings (SSSR count). The Balaban J connectivity index is 2.61. The van der Waals surface area contributed by atoms with Gasteiger partial charge in [-0.2, -0.15) is 0 Å². The Bertz CT molecular complexity index is 447. The van der Waals surface area contributed by atoms with Crippen molar-refractivity contribution in [2.24, 2.45) is 0 Å². The second-order valence-corrected chi connectivity index (χ2v) is 2.87. The number of fused-ring (bicyclic) bond motifs is 1. The highest BCUT2D eigenvalue weighted by molar-refractivity contribution is 5.81. The summed E-state index contributed by atoms with van der Waals surface area (Å²) in [5.74, 6) is -0.283. The van der Waals surface area contributed by atoms with E-state index in [1.807, 2.05) is 6.07 Å². The molecule has 0 bridgehead atoms. The highest BCUT2D eigenvalue weighted by atomic mass is 19.1. The third-order valence-corrected chi connectivity index (χ3v) is 1.96. The number of nitrogens with one attached hydrogen (secondary N) is 1. The van der Waals surface area contributed by atoms with Crippen LogP contribution >= 0.6 is 0 Å². The van der Waals surface area contributed by atoms with Crippen molar-refractivity contribution < 1.29 is 9.18 Å². The molecule has 1 aromatic heterocycles. The van der Waals surface area contributed by atoms with Gasteiger partial charge in [0.15, 0.2) is 0 Å². The van der Waals surface area contributed by atoms with Crippen LogP contribution in [-0.4, -0.2) is 11.3 Å². The second kappa shape index (κ2) is 3.01. The van der Waals surface area contributed by atoms with Gasteiger partial charge >= 0.3 is 0 Å². The van der Waals surface area contributed by atoms with Gasteiger partial charge in [-0.05, 0) is 12.1 Å². The van der Waals surface area contributed by atoms with Crippen molar-refractivity contribution in [2.75, 3.05) is 0 Å². The zero-order valence-corrected chi connectivity index (χ0v) is 6.88. The summed E-state index contributed by atoms with van der Waals surface area (Å²) >= 11 is 0. The Morgan fingerprint density at radius 1 is 1.46 bits per heavy atom. The number of halogens is 1. The number of para-hydroxylation sites is 1. The number of H-pyrrole nitrogens is 1. The first-order valence-electron chi connectivity index (χ1n) is 4.01. The van der Waals surface area contributed by atoms with Gasteiger partial charge in [0.05, 0.1) is 5.52 Å². The van der Waals surface area contributed by atoms with Gasteiger partial charge in [-0.1, -0.05) is 12.1 Å². The van der Waals surface area contributed by atoms with E-state index in [4.69, 9.17) is 0 Å². The highest BCUT2D eigenvalue weighted by Crippen LogP contribution is 2.17. The summed E-state index contributed by atoms with van der Waals surface area (Å²) in [4.78, 5) is 13.1. The van der Waals surface area contributed by atoms with E-state index in [9.17, 15) is 9.18 Å². The molecule has 13 heavy (non-hydrogen) atoms. The normalized spacial score (nSPS) is 10.5. The molecule has 0 amide bonds. The van der Waals surface area contributed by atoms with Crippen molar-refractivity contribution in [3.05, 3.63) is 35.8 Å². The van der Waals surface area contributed by atoms with Crippen LogP contribution in [0.5, 0.6) is 0 Å². The highest BCUT2D eigenvalue weighted by Gasteiger charge is 2.03. The maximum absolute atomic E-state index is 13.1. The number of carbonyl (C=O) groups is 1. The number of carbonyl (C=O) groups excluding carboxylic acids is 1. The van der Waals surface area contributed by atoms with Crippen molar-refractivity contribution in [1.29, 1.82) is 0 Å². The summed E-state index contributed by atoms with van der Waals surface area (Å²) in [6.07, 6.45) is 1.09. The number of hydrogen-bond donors (Lipinski definition) is 1. The van der Waals surface area contributed by atoms with Gasteiger partial charge in [0.2, 0.25) is 0 Å². The summed E-state index contributed by atoms with van der Waals surface area (Å²) in [5, 5.41) is 0.803. The molecule has 3 heteroatoms. The standard InChI is InChI=1S/C10H8FNO/c11-9-3-1-2-7-6-8(4-5-13)12-10(7)9/h1-3,5-6,12H,4H2. The van der Waals surface area contributed by atoms with Gasteiger partial charge in [0, 0.05) is 17.5 Å². The third-order valence-electron chi connectivity index (χ3n) is 1.96. The molecule has 66 valence electrons. The predicted molar refractivity (Wildman–Crippen MR) is 48.0 cm³/mol. The fraction of sp³-hybridized carbons (Fsp3) is 0.100. The summed E-state index contributed by atoms with van der Waals surface area (Å²) in [6, 6.07) is 6.63. The molecule has 0 radical (unpaired) electrons. The summed E-state index contributed by atoms with van der Waals surface area (Å²) in [5.41, 5.74) is 1.22. The molecule has 1 N–H and O–H groups in total. The minimum absolute atomic E-state index is 0.283. The molecule has 0 aliphatic rings. The zero-order chi connectivity index (χ0) is 9.26. The molecule has 1 aromatic carbocycles. The fourth-order valence-corrected chi connectivity index (χ4v) is 1.38. The van der Waals surface area contributed by atoms with Crippen LogP contribution in [0.3, 0.4) is 0 Å². The van der Waals surface area contributed by atoms with E-state index in [0.717, 1.165) is 17.4 Å². The van der Waals surface area contributed by atoms with Gasteiger partial charge in [0.1, 0.15) is 12.1 Å². The van der Waals surface area contributed by atoms with Crippen LogP contribution in [0.4, 0.5) is 4.39 Å². The van der Waals surface area contributed by atoms with Crippen LogP contribution < -0.4 is 0 Å². The maximum Gasteiger partial charge on any atom is 0.147 e. The Morgan fingerprint density at radius 2 is 2.31 bits per heavy atom. The Hall–Kier alpha value is -1.64. The quantitative estimate of drug-likeness (QED) is 0.699. The van der Waals surface area contributed by atoms with E-state index < -0.39 is 0 Å². The topological polar surface area (TPSA) is 32.9 Å². The average Bonchev–Trinajstić information content (AvgIpc) is 2.49. The molecule has 0 saturated carbocycles. The van der Waals surface area contributed by atoms with Crippen LogP contribution in [0.25, 0.3) is 10.9 Å². The molecule has 0 fully saturated rings. The lowest BCUT2D eigenvalue weighted by molar-refractivity contribution is -0.107. The molecule has 2 nitrogen and oxygen atoms in total. The van der Waals surface area contributed by atoms with Gasteiger partial charge in [-0.3, -0.25) is 0 Å². The van der Waals surface area contributed by atoms with E-state index in [1.54, 1.807) is 12.1 Å². The van der Waals surface area contributed by atoms with Crippen molar-refractivity contribution in [3.8, 4) is 0 Å². The molecule has 0 saturated heterocycles. The van der Waals surface area contributed by atoms with Crippen LogP contribution in [0.2, 0.25) is 0 Å². The molecule has 0 spiro atoms. The van der Waals surface area contributed by atoms with E-state index in [1.165, 1.54) is 6.07 Å². The fourth-order valence-electron chi connectivity index (χ4n) is 1.38. The first-order valence-corrected chi connectivity index (χ1v) is 4.01. The first-order chi connectivity index (χ1) is 6.31. The molecular formula is C10H8FNO. The lowest BCUT2D eigenvalue weighted by atomic mass is 10.2. The average molecular weight is 177 g/mol. The molecule has 0 aliphatic carbocycles. The Labute approximate surface area is 74.4 Å². The maximum atomic E-state index is 13.1. The van der Waals surface area contributed by atoms with Crippen LogP contribution in [0.1, 0.15) is 5.69 Å². The smallest absolute Gasteiger partial charge is 0.147 e. The zero-order valence-electron chi connectivity index (χ0n) is 6.88. The number of aldehydes is 1. The number of hydrogen-bond acceptors (Lipinski definition) is 1.